The Morgan fingerprint density at radius 1 is 1.42 bits per heavy atom. The number of rotatable bonds is 9. The minimum atomic E-state index is -0.563. The number of amides is 2. The fourth-order valence-corrected chi connectivity index (χ4v) is 4.63. The molecule has 1 saturated heterocycles. The van der Waals surface area contributed by atoms with E-state index in [1.54, 1.807) is 28.6 Å². The van der Waals surface area contributed by atoms with Gasteiger partial charge in [-0.25, -0.2) is 9.18 Å². The molecule has 2 amide bonds. The van der Waals surface area contributed by atoms with Crippen LogP contribution in [0.25, 0.3) is 0 Å². The molecule has 2 aliphatic rings. The number of anilines is 2. The van der Waals surface area contributed by atoms with Gasteiger partial charge in [0.2, 0.25) is 5.91 Å². The van der Waals surface area contributed by atoms with Gasteiger partial charge in [0, 0.05) is 31.0 Å². The first-order valence-corrected chi connectivity index (χ1v) is 12.1. The molecule has 9 nitrogen and oxygen atoms in total. The van der Waals surface area contributed by atoms with Crippen LogP contribution in [0.2, 0.25) is 0 Å². The van der Waals surface area contributed by atoms with E-state index in [2.05, 4.69) is 17.3 Å². The van der Waals surface area contributed by atoms with Gasteiger partial charge < -0.3 is 20.1 Å². The fourth-order valence-electron chi connectivity index (χ4n) is 4.01. The lowest BCUT2D eigenvalue weighted by Gasteiger charge is -2.21. The van der Waals surface area contributed by atoms with Crippen molar-refractivity contribution < 1.29 is 23.8 Å². The highest BCUT2D eigenvalue weighted by Crippen LogP contribution is 2.32. The van der Waals surface area contributed by atoms with Crippen LogP contribution in [0.5, 0.6) is 0 Å². The molecule has 2 aromatic rings. The highest BCUT2D eigenvalue weighted by atomic mass is 32.2. The second-order valence-corrected chi connectivity index (χ2v) is 9.50. The largest absolute Gasteiger partial charge is 0.442 e. The number of nitrogens with one attached hydrogen (secondary N) is 1. The van der Waals surface area contributed by atoms with Crippen LogP contribution in [0.1, 0.15) is 25.1 Å². The number of thioether (sulfide) groups is 1. The summed E-state index contributed by atoms with van der Waals surface area (Å²) < 4.78 is 22.0. The molecule has 0 saturated carbocycles. The first kappa shape index (κ1) is 23.4. The first-order chi connectivity index (χ1) is 15.8. The van der Waals surface area contributed by atoms with Crippen LogP contribution in [0.4, 0.5) is 20.6 Å². The average molecular weight is 478 g/mol. The van der Waals surface area contributed by atoms with E-state index in [4.69, 9.17) is 4.74 Å². The molecule has 1 aromatic carbocycles. The van der Waals surface area contributed by atoms with Crippen molar-refractivity contribution in [3.05, 3.63) is 41.5 Å². The van der Waals surface area contributed by atoms with Crippen LogP contribution in [0, 0.1) is 5.82 Å². The monoisotopic (exact) mass is 477 g/mol. The van der Waals surface area contributed by atoms with Crippen LogP contribution in [0.15, 0.2) is 24.4 Å². The molecule has 2 atom stereocenters. The molecule has 2 aliphatic heterocycles. The summed E-state index contributed by atoms with van der Waals surface area (Å²) in [6, 6.07) is 4.68. The van der Waals surface area contributed by atoms with Crippen LogP contribution >= 0.6 is 11.8 Å². The summed E-state index contributed by atoms with van der Waals surface area (Å²) in [6.07, 6.45) is 0.421. The fraction of sp³-hybridized carbons (Fsp3) is 0.500. The molecule has 11 heteroatoms. The molecule has 178 valence electrons. The zero-order chi connectivity index (χ0) is 23.5. The molecule has 33 heavy (non-hydrogen) atoms. The van der Waals surface area contributed by atoms with Gasteiger partial charge in [-0.3, -0.25) is 14.4 Å². The molecule has 0 aliphatic carbocycles. The molecule has 0 unspecified atom stereocenters. The number of aliphatic hydroxyl groups is 1. The Balaban J connectivity index is 1.38. The normalized spacial score (nSPS) is 18.4. The van der Waals surface area contributed by atoms with Gasteiger partial charge >= 0.3 is 6.09 Å². The number of cyclic esters (lactones) is 1. The zero-order valence-corrected chi connectivity index (χ0v) is 19.5. The molecule has 3 heterocycles. The Morgan fingerprint density at radius 3 is 2.94 bits per heavy atom. The van der Waals surface area contributed by atoms with E-state index < -0.39 is 24.1 Å². The highest BCUT2D eigenvalue weighted by Gasteiger charge is 2.33. The number of carbonyl (C=O) groups is 2. The Labute approximate surface area is 195 Å². The molecule has 0 spiro atoms. The summed E-state index contributed by atoms with van der Waals surface area (Å²) in [7, 11) is 0. The van der Waals surface area contributed by atoms with E-state index in [1.165, 1.54) is 17.9 Å². The van der Waals surface area contributed by atoms with E-state index in [1.807, 2.05) is 11.1 Å². The van der Waals surface area contributed by atoms with Crippen molar-refractivity contribution in [2.45, 2.75) is 45.7 Å². The Bertz CT molecular complexity index is 1010. The lowest BCUT2D eigenvalue weighted by molar-refractivity contribution is -0.119. The number of nitrogens with zero attached hydrogens (tertiary/aromatic N) is 4. The number of carbonyl (C=O) groups excluding carboxylic acids is 2. The third-order valence-corrected chi connectivity index (χ3v) is 6.60. The number of fused-ring (bicyclic) bond motifs is 1. The average Bonchev–Trinajstić information content (AvgIpc) is 3.43. The van der Waals surface area contributed by atoms with Crippen molar-refractivity contribution in [2.24, 2.45) is 0 Å². The summed E-state index contributed by atoms with van der Waals surface area (Å²) in [6.45, 7) is 5.35. The van der Waals surface area contributed by atoms with Gasteiger partial charge in [0.05, 0.1) is 49.4 Å². The maximum absolute atomic E-state index is 15.0. The quantitative estimate of drug-likeness (QED) is 0.571. The number of aliphatic hydroxyl groups excluding tert-OH is 1. The topological polar surface area (TPSA) is 99.9 Å². The SMILES string of the molecule is CCSC[C@@H](O)Cn1cc2c(n1)CN(c1ccc(N3C[C@H](CNC(C)=O)OC3=O)cc1F)C2. The van der Waals surface area contributed by atoms with Gasteiger partial charge in [0.1, 0.15) is 11.9 Å². The van der Waals surface area contributed by atoms with E-state index in [0.717, 1.165) is 17.0 Å². The summed E-state index contributed by atoms with van der Waals surface area (Å²) in [5.41, 5.74) is 2.73. The molecule has 2 N–H and O–H groups in total. The number of ether oxygens (including phenoxy) is 1. The maximum Gasteiger partial charge on any atom is 0.414 e. The van der Waals surface area contributed by atoms with Crippen molar-refractivity contribution in [3.63, 3.8) is 0 Å². The molecular formula is C22H28FN5O4S. The number of halogens is 1. The predicted molar refractivity (Wildman–Crippen MR) is 124 cm³/mol. The van der Waals surface area contributed by atoms with Crippen LogP contribution in [-0.4, -0.2) is 63.7 Å². The van der Waals surface area contributed by atoms with Gasteiger partial charge in [-0.05, 0) is 24.0 Å². The smallest absolute Gasteiger partial charge is 0.414 e. The van der Waals surface area contributed by atoms with Crippen molar-refractivity contribution in [1.29, 1.82) is 0 Å². The van der Waals surface area contributed by atoms with Crippen molar-refractivity contribution >= 4 is 35.1 Å². The highest BCUT2D eigenvalue weighted by molar-refractivity contribution is 7.99. The maximum atomic E-state index is 15.0. The van der Waals surface area contributed by atoms with Crippen LogP contribution in [0.3, 0.4) is 0 Å². The first-order valence-electron chi connectivity index (χ1n) is 10.9. The number of hydrogen-bond acceptors (Lipinski definition) is 7. The standard InChI is InChI=1S/C22H28FN5O4S/c1-3-33-13-17(30)10-27-9-15-8-26(12-20(15)25-27)21-5-4-16(6-19(21)23)28-11-18(32-22(28)31)7-24-14(2)29/h4-6,9,17-18,30H,3,7-8,10-13H2,1-2H3,(H,24,29)/t17-,18-/m0/s1. The molecule has 4 rings (SSSR count). The Hall–Kier alpha value is -2.79. The molecule has 1 fully saturated rings. The molecular weight excluding hydrogens is 449 g/mol. The number of hydrogen-bond donors (Lipinski definition) is 2. The Kier molecular flexibility index (Phi) is 7.08. The minimum absolute atomic E-state index is 0.204. The second-order valence-electron chi connectivity index (χ2n) is 8.18. The molecule has 1 aromatic heterocycles. The number of benzene rings is 1. The van der Waals surface area contributed by atoms with E-state index in [0.29, 0.717) is 36.8 Å². The van der Waals surface area contributed by atoms with Gasteiger partial charge in [-0.15, -0.1) is 0 Å². The predicted octanol–water partition coefficient (Wildman–Crippen LogP) is 2.12. The third kappa shape index (κ3) is 5.41. The van der Waals surface area contributed by atoms with Crippen LogP contribution in [-0.2, 0) is 29.2 Å². The Morgan fingerprint density at radius 2 is 2.24 bits per heavy atom. The third-order valence-electron chi connectivity index (χ3n) is 5.58. The van der Waals surface area contributed by atoms with Crippen molar-refractivity contribution in [3.8, 4) is 0 Å². The van der Waals surface area contributed by atoms with Gasteiger partial charge in [-0.1, -0.05) is 6.92 Å². The van der Waals surface area contributed by atoms with Gasteiger partial charge in [0.25, 0.3) is 0 Å². The number of aromatic nitrogens is 2. The lowest BCUT2D eigenvalue weighted by atomic mass is 10.2. The summed E-state index contributed by atoms with van der Waals surface area (Å²) in [4.78, 5) is 26.5. The zero-order valence-electron chi connectivity index (χ0n) is 18.7. The second kappa shape index (κ2) is 10.0. The minimum Gasteiger partial charge on any atom is -0.442 e. The summed E-state index contributed by atoms with van der Waals surface area (Å²) in [5, 5.41) is 17.3. The molecule has 0 bridgehead atoms. The molecule has 0 radical (unpaired) electrons. The summed E-state index contributed by atoms with van der Waals surface area (Å²) >= 11 is 1.69. The summed E-state index contributed by atoms with van der Waals surface area (Å²) in [5.74, 6) is 0.992. The van der Waals surface area contributed by atoms with Crippen LogP contribution < -0.4 is 15.1 Å². The lowest BCUT2D eigenvalue weighted by Crippen LogP contribution is -2.33. The van der Waals surface area contributed by atoms with E-state index in [-0.39, 0.29) is 19.0 Å². The van der Waals surface area contributed by atoms with E-state index >= 15 is 0 Å². The van der Waals surface area contributed by atoms with Gasteiger partial charge in [0.15, 0.2) is 0 Å². The van der Waals surface area contributed by atoms with E-state index in [9.17, 15) is 19.1 Å². The van der Waals surface area contributed by atoms with Crippen molar-refractivity contribution in [1.82, 2.24) is 15.1 Å². The van der Waals surface area contributed by atoms with Crippen molar-refractivity contribution in [2.75, 3.05) is 34.4 Å². The van der Waals surface area contributed by atoms with Gasteiger partial charge in [-0.2, -0.15) is 16.9 Å².